The fourth-order valence-corrected chi connectivity index (χ4v) is 1.60. The third-order valence-electron chi connectivity index (χ3n) is 2.59. The van der Waals surface area contributed by atoms with Gasteiger partial charge in [0.15, 0.2) is 0 Å². The summed E-state index contributed by atoms with van der Waals surface area (Å²) in [5.74, 6) is 0. The predicted octanol–water partition coefficient (Wildman–Crippen LogP) is -0.675. The second kappa shape index (κ2) is 8.10. The van der Waals surface area contributed by atoms with Crippen molar-refractivity contribution in [2.75, 3.05) is 40.4 Å². The molecule has 0 atom stereocenters. The summed E-state index contributed by atoms with van der Waals surface area (Å²) >= 11 is 0. The van der Waals surface area contributed by atoms with Crippen molar-refractivity contribution >= 4 is 0 Å². The van der Waals surface area contributed by atoms with Crippen LogP contribution in [0, 0.1) is 0 Å². The molecule has 0 saturated carbocycles. The highest BCUT2D eigenvalue weighted by Crippen LogP contribution is 2.01. The summed E-state index contributed by atoms with van der Waals surface area (Å²) in [5.41, 5.74) is 1.78. The van der Waals surface area contributed by atoms with Crippen LogP contribution < -0.4 is 0 Å². The lowest BCUT2D eigenvalue weighted by Crippen LogP contribution is -2.23. The Kier molecular flexibility index (Phi) is 6.74. The van der Waals surface area contributed by atoms with Crippen LogP contribution in [-0.2, 0) is 13.1 Å². The van der Waals surface area contributed by atoms with Gasteiger partial charge in [0.05, 0.1) is 37.0 Å². The number of aromatic nitrogens is 2. The zero-order valence-electron chi connectivity index (χ0n) is 11.1. The van der Waals surface area contributed by atoms with Crippen LogP contribution in [0.2, 0.25) is 0 Å². The molecule has 6 nitrogen and oxygen atoms in total. The van der Waals surface area contributed by atoms with E-state index in [1.807, 2.05) is 23.9 Å². The second-order valence-corrected chi connectivity index (χ2v) is 4.42. The molecule has 0 amide bonds. The average Bonchev–Trinajstić information content (AvgIpc) is 2.32. The lowest BCUT2D eigenvalue weighted by molar-refractivity contribution is 0.214. The lowest BCUT2D eigenvalue weighted by atomic mass is 10.3. The first kappa shape index (κ1) is 15.0. The Bertz CT molecular complexity index is 298. The number of nitrogens with zero attached hydrogens (tertiary/aromatic N) is 4. The van der Waals surface area contributed by atoms with Crippen molar-refractivity contribution in [2.24, 2.45) is 0 Å². The number of likely N-dealkylation sites (N-methyl/N-ethyl adjacent to an activating group) is 2. The molecule has 1 aromatic rings. The monoisotopic (exact) mass is 254 g/mol. The molecule has 0 bridgehead atoms. The van der Waals surface area contributed by atoms with E-state index in [9.17, 15) is 0 Å². The van der Waals surface area contributed by atoms with E-state index in [0.29, 0.717) is 26.2 Å². The topological polar surface area (TPSA) is 72.7 Å². The maximum Gasteiger partial charge on any atom is 0.0727 e. The predicted molar refractivity (Wildman–Crippen MR) is 68.9 cm³/mol. The number of aliphatic hydroxyl groups is 2. The van der Waals surface area contributed by atoms with Crippen molar-refractivity contribution in [3.63, 3.8) is 0 Å². The zero-order valence-corrected chi connectivity index (χ0v) is 11.1. The first-order valence-corrected chi connectivity index (χ1v) is 6.04. The Labute approximate surface area is 108 Å². The molecule has 0 spiro atoms. The van der Waals surface area contributed by atoms with Crippen LogP contribution >= 0.6 is 0 Å². The van der Waals surface area contributed by atoms with Crippen LogP contribution in [0.3, 0.4) is 0 Å². The molecule has 6 heteroatoms. The molecule has 0 unspecified atom stereocenters. The highest BCUT2D eigenvalue weighted by atomic mass is 16.3. The molecule has 0 aromatic carbocycles. The minimum atomic E-state index is 0.147. The van der Waals surface area contributed by atoms with Gasteiger partial charge in [0.25, 0.3) is 0 Å². The molecule has 0 aliphatic carbocycles. The van der Waals surface area contributed by atoms with Crippen LogP contribution in [0.1, 0.15) is 11.4 Å². The largest absolute Gasteiger partial charge is 0.395 e. The second-order valence-electron chi connectivity index (χ2n) is 4.42. The fraction of sp³-hybridized carbons (Fsp3) is 0.667. The van der Waals surface area contributed by atoms with Gasteiger partial charge in [-0.15, -0.1) is 0 Å². The van der Waals surface area contributed by atoms with Crippen LogP contribution in [0.25, 0.3) is 0 Å². The summed E-state index contributed by atoms with van der Waals surface area (Å²) in [6.45, 7) is 2.91. The zero-order chi connectivity index (χ0) is 13.4. The molecule has 0 fully saturated rings. The fourth-order valence-electron chi connectivity index (χ4n) is 1.60. The first-order chi connectivity index (χ1) is 8.65. The summed E-state index contributed by atoms with van der Waals surface area (Å²) in [7, 11) is 3.86. The van der Waals surface area contributed by atoms with E-state index in [-0.39, 0.29) is 13.2 Å². The van der Waals surface area contributed by atoms with Crippen molar-refractivity contribution in [1.82, 2.24) is 19.8 Å². The van der Waals surface area contributed by atoms with Crippen LogP contribution in [0.4, 0.5) is 0 Å². The van der Waals surface area contributed by atoms with Crippen molar-refractivity contribution in [2.45, 2.75) is 13.1 Å². The maximum absolute atomic E-state index is 8.80. The maximum atomic E-state index is 8.80. The molecule has 2 N–H and O–H groups in total. The van der Waals surface area contributed by atoms with Crippen LogP contribution in [0.5, 0.6) is 0 Å². The van der Waals surface area contributed by atoms with Crippen molar-refractivity contribution in [3.8, 4) is 0 Å². The van der Waals surface area contributed by atoms with Crippen LogP contribution in [-0.4, -0.2) is 70.4 Å². The van der Waals surface area contributed by atoms with E-state index in [1.54, 1.807) is 12.4 Å². The van der Waals surface area contributed by atoms with Gasteiger partial charge in [-0.05, 0) is 14.1 Å². The van der Waals surface area contributed by atoms with Gasteiger partial charge in [-0.2, -0.15) is 0 Å². The number of rotatable bonds is 8. The molecule has 1 rings (SSSR count). The van der Waals surface area contributed by atoms with E-state index < -0.39 is 0 Å². The molecular formula is C12H22N4O2. The molecule has 0 aliphatic rings. The number of hydrogen-bond donors (Lipinski definition) is 2. The van der Waals surface area contributed by atoms with E-state index >= 15 is 0 Å². The molecule has 102 valence electrons. The van der Waals surface area contributed by atoms with Gasteiger partial charge in [0.1, 0.15) is 0 Å². The van der Waals surface area contributed by atoms with Gasteiger partial charge in [-0.25, -0.2) is 0 Å². The molecular weight excluding hydrogens is 232 g/mol. The molecule has 1 heterocycles. The summed E-state index contributed by atoms with van der Waals surface area (Å²) in [5, 5.41) is 17.6. The van der Waals surface area contributed by atoms with Gasteiger partial charge >= 0.3 is 0 Å². The first-order valence-electron chi connectivity index (χ1n) is 6.04. The standard InChI is InChI=1S/C12H22N4O2/c1-15(3-5-17)9-11-7-14-12(8-13-11)10-16(2)4-6-18/h7-8,17-18H,3-6,9-10H2,1-2H3. The van der Waals surface area contributed by atoms with E-state index in [4.69, 9.17) is 10.2 Å². The molecule has 0 saturated heterocycles. The van der Waals surface area contributed by atoms with E-state index in [0.717, 1.165) is 11.4 Å². The number of hydrogen-bond acceptors (Lipinski definition) is 6. The normalized spacial score (nSPS) is 11.4. The van der Waals surface area contributed by atoms with Gasteiger partial charge < -0.3 is 10.2 Å². The Balaban J connectivity index is 2.46. The van der Waals surface area contributed by atoms with Crippen molar-refractivity contribution < 1.29 is 10.2 Å². The van der Waals surface area contributed by atoms with Gasteiger partial charge in [-0.1, -0.05) is 0 Å². The Morgan fingerprint density at radius 2 is 1.28 bits per heavy atom. The summed E-state index contributed by atoms with van der Waals surface area (Å²) in [4.78, 5) is 12.7. The molecule has 18 heavy (non-hydrogen) atoms. The highest BCUT2D eigenvalue weighted by Gasteiger charge is 2.04. The van der Waals surface area contributed by atoms with Gasteiger partial charge in [0, 0.05) is 26.2 Å². The number of aliphatic hydroxyl groups excluding tert-OH is 2. The average molecular weight is 254 g/mol. The molecule has 1 aromatic heterocycles. The van der Waals surface area contributed by atoms with Crippen molar-refractivity contribution in [1.29, 1.82) is 0 Å². The summed E-state index contributed by atoms with van der Waals surface area (Å²) in [6, 6.07) is 0. The highest BCUT2D eigenvalue weighted by molar-refractivity contribution is 5.02. The van der Waals surface area contributed by atoms with E-state index in [1.165, 1.54) is 0 Å². The van der Waals surface area contributed by atoms with Gasteiger partial charge in [0.2, 0.25) is 0 Å². The van der Waals surface area contributed by atoms with Gasteiger partial charge in [-0.3, -0.25) is 19.8 Å². The Morgan fingerprint density at radius 3 is 1.56 bits per heavy atom. The van der Waals surface area contributed by atoms with E-state index in [2.05, 4.69) is 9.97 Å². The third kappa shape index (κ3) is 5.50. The molecule has 0 radical (unpaired) electrons. The third-order valence-corrected chi connectivity index (χ3v) is 2.59. The SMILES string of the molecule is CN(CCO)Cc1cnc(CN(C)CCO)cn1. The Morgan fingerprint density at radius 1 is 0.889 bits per heavy atom. The lowest BCUT2D eigenvalue weighted by Gasteiger charge is -2.16. The van der Waals surface area contributed by atoms with Crippen molar-refractivity contribution in [3.05, 3.63) is 23.8 Å². The van der Waals surface area contributed by atoms with Crippen LogP contribution in [0.15, 0.2) is 12.4 Å². The minimum Gasteiger partial charge on any atom is -0.395 e. The Hall–Kier alpha value is -1.08. The summed E-state index contributed by atoms with van der Waals surface area (Å²) < 4.78 is 0. The molecule has 0 aliphatic heterocycles. The minimum absolute atomic E-state index is 0.147. The summed E-state index contributed by atoms with van der Waals surface area (Å²) in [6.07, 6.45) is 3.52. The quantitative estimate of drug-likeness (QED) is 0.641. The smallest absolute Gasteiger partial charge is 0.0727 e.